The first kappa shape index (κ1) is 23.6. The van der Waals surface area contributed by atoms with Crippen LogP contribution in [0.5, 0.6) is 5.75 Å². The first-order chi connectivity index (χ1) is 19.0. The zero-order chi connectivity index (χ0) is 26.9. The van der Waals surface area contributed by atoms with Crippen molar-refractivity contribution in [3.05, 3.63) is 124 Å². The van der Waals surface area contributed by atoms with E-state index < -0.39 is 17.3 Å². The lowest BCUT2D eigenvalue weighted by Gasteiger charge is -2.52. The summed E-state index contributed by atoms with van der Waals surface area (Å²) in [6, 6.07) is 29.7. The number of carbonyl (C=O) groups excluding carboxylic acids is 2. The number of ether oxygens (including phenoxy) is 1. The van der Waals surface area contributed by atoms with Crippen LogP contribution in [0.3, 0.4) is 0 Å². The Labute approximate surface area is 227 Å². The Morgan fingerprint density at radius 1 is 0.795 bits per heavy atom. The van der Waals surface area contributed by atoms with Crippen molar-refractivity contribution in [3.63, 3.8) is 0 Å². The minimum Gasteiger partial charge on any atom is -0.497 e. The van der Waals surface area contributed by atoms with Crippen molar-refractivity contribution in [2.45, 2.75) is 25.2 Å². The summed E-state index contributed by atoms with van der Waals surface area (Å²) in [6.07, 6.45) is 1.96. The fraction of sp³-hybridized carbons (Fsp3) is 0.206. The number of amides is 2. The molecule has 1 heterocycles. The number of hydrogen-bond donors (Lipinski definition) is 0. The topological polar surface area (TPSA) is 59.0 Å². The molecule has 1 saturated heterocycles. The Balaban J connectivity index is 1.49. The van der Waals surface area contributed by atoms with Gasteiger partial charge in [-0.05, 0) is 77.6 Å². The third kappa shape index (κ3) is 3.10. The minimum atomic E-state index is -0.878. The van der Waals surface area contributed by atoms with E-state index in [1.807, 2.05) is 42.6 Å². The molecule has 39 heavy (non-hydrogen) atoms. The van der Waals surface area contributed by atoms with Gasteiger partial charge in [0.15, 0.2) is 0 Å². The van der Waals surface area contributed by atoms with Crippen LogP contribution in [-0.4, -0.2) is 25.1 Å². The number of hydrogen-bond acceptors (Lipinski definition) is 4. The van der Waals surface area contributed by atoms with Crippen molar-refractivity contribution < 1.29 is 14.3 Å². The normalized spacial score (nSPS) is 24.6. The molecule has 0 spiro atoms. The number of aryl methyl sites for hydroxylation is 1. The second-order valence-corrected chi connectivity index (χ2v) is 10.7. The molecule has 1 fully saturated rings. The lowest BCUT2D eigenvalue weighted by Crippen LogP contribution is -2.54. The zero-order valence-corrected chi connectivity index (χ0v) is 22.1. The van der Waals surface area contributed by atoms with Crippen LogP contribution in [0, 0.1) is 25.7 Å². The standard InChI is InChI=1S/C34H28N2O3/c1-20-9-8-14-28(21(20)2)35-19-34-26-12-6-4-10-24(26)29(25-11-5-7-13-27(25)34)30-31(34)33(38)36(32(30)37)22-15-17-23(39-3)18-16-22/h4-19,29-31H,1-3H3/t29?,30-,31+,34?/m0/s1. The van der Waals surface area contributed by atoms with Crippen LogP contribution in [0.4, 0.5) is 11.4 Å². The number of methoxy groups -OCH3 is 1. The number of benzene rings is 4. The molecule has 4 aliphatic rings. The third-order valence-corrected chi connectivity index (χ3v) is 9.00. The van der Waals surface area contributed by atoms with Gasteiger partial charge in [0.05, 0.1) is 35.7 Å². The third-order valence-electron chi connectivity index (χ3n) is 9.00. The lowest BCUT2D eigenvalue weighted by atomic mass is 9.47. The molecular formula is C34H28N2O3. The molecule has 0 radical (unpaired) electrons. The highest BCUT2D eigenvalue weighted by molar-refractivity contribution is 6.25. The van der Waals surface area contributed by atoms with E-state index in [4.69, 9.17) is 9.73 Å². The molecule has 0 N–H and O–H groups in total. The van der Waals surface area contributed by atoms with Gasteiger partial charge in [-0.25, -0.2) is 4.90 Å². The number of carbonyl (C=O) groups is 2. The summed E-state index contributed by atoms with van der Waals surface area (Å²) in [7, 11) is 1.60. The number of anilines is 1. The van der Waals surface area contributed by atoms with Gasteiger partial charge in [0, 0.05) is 12.1 Å². The number of aliphatic imine (C=N–C) groups is 1. The average molecular weight is 513 g/mol. The summed E-state index contributed by atoms with van der Waals surface area (Å²) in [5, 5.41) is 0. The number of rotatable bonds is 4. The zero-order valence-electron chi connectivity index (χ0n) is 22.1. The molecule has 2 atom stereocenters. The van der Waals surface area contributed by atoms with Crippen LogP contribution < -0.4 is 9.64 Å². The van der Waals surface area contributed by atoms with Crippen molar-refractivity contribution in [2.24, 2.45) is 16.8 Å². The van der Waals surface area contributed by atoms with E-state index in [-0.39, 0.29) is 17.7 Å². The predicted octanol–water partition coefficient (Wildman–Crippen LogP) is 6.27. The van der Waals surface area contributed by atoms with E-state index in [0.717, 1.165) is 39.1 Å². The molecule has 5 nitrogen and oxygen atoms in total. The van der Waals surface area contributed by atoms with E-state index in [9.17, 15) is 9.59 Å². The van der Waals surface area contributed by atoms with Gasteiger partial charge in [0.25, 0.3) is 0 Å². The summed E-state index contributed by atoms with van der Waals surface area (Å²) >= 11 is 0. The molecule has 5 heteroatoms. The van der Waals surface area contributed by atoms with Crippen molar-refractivity contribution >= 4 is 29.4 Å². The molecule has 2 bridgehead atoms. The second kappa shape index (κ2) is 8.50. The molecule has 4 aromatic rings. The van der Waals surface area contributed by atoms with Crippen LogP contribution in [0.25, 0.3) is 0 Å². The summed E-state index contributed by atoms with van der Waals surface area (Å²) in [5.74, 6) is -0.985. The Kier molecular flexibility index (Phi) is 5.14. The molecule has 192 valence electrons. The average Bonchev–Trinajstić information content (AvgIpc) is 3.24. The SMILES string of the molecule is COc1ccc(N2C(=O)[C@H]3C4c5ccccc5C(C=Nc5cccc(C)c5C)(c5ccccc54)[C@H]3C2=O)cc1. The Morgan fingerprint density at radius 3 is 2.08 bits per heavy atom. The molecule has 0 unspecified atom stereocenters. The van der Waals surface area contributed by atoms with E-state index in [1.165, 1.54) is 4.90 Å². The van der Waals surface area contributed by atoms with Crippen LogP contribution >= 0.6 is 0 Å². The van der Waals surface area contributed by atoms with Crippen LogP contribution in [0.15, 0.2) is 96.0 Å². The van der Waals surface area contributed by atoms with Gasteiger partial charge < -0.3 is 4.74 Å². The van der Waals surface area contributed by atoms with Gasteiger partial charge in [-0.3, -0.25) is 14.6 Å². The fourth-order valence-corrected chi connectivity index (χ4v) is 7.08. The van der Waals surface area contributed by atoms with E-state index in [2.05, 4.69) is 44.2 Å². The Bertz CT molecular complexity index is 1640. The molecule has 1 aliphatic heterocycles. The molecule has 3 aliphatic carbocycles. The van der Waals surface area contributed by atoms with E-state index in [0.29, 0.717) is 11.4 Å². The highest BCUT2D eigenvalue weighted by Gasteiger charge is 2.67. The van der Waals surface area contributed by atoms with Gasteiger partial charge in [-0.1, -0.05) is 60.7 Å². The summed E-state index contributed by atoms with van der Waals surface area (Å²) in [6.45, 7) is 4.14. The first-order valence-corrected chi connectivity index (χ1v) is 13.3. The van der Waals surface area contributed by atoms with Gasteiger partial charge >= 0.3 is 0 Å². The van der Waals surface area contributed by atoms with Crippen LogP contribution in [0.1, 0.15) is 39.3 Å². The van der Waals surface area contributed by atoms with Gasteiger partial charge in [0.2, 0.25) is 11.8 Å². The van der Waals surface area contributed by atoms with Crippen molar-refractivity contribution in [1.29, 1.82) is 0 Å². The monoisotopic (exact) mass is 512 g/mol. The first-order valence-electron chi connectivity index (χ1n) is 13.3. The largest absolute Gasteiger partial charge is 0.497 e. The van der Waals surface area contributed by atoms with Gasteiger partial charge in [-0.15, -0.1) is 0 Å². The van der Waals surface area contributed by atoms with Gasteiger partial charge in [0.1, 0.15) is 5.75 Å². The maximum Gasteiger partial charge on any atom is 0.239 e. The molecule has 0 aromatic heterocycles. The molecular weight excluding hydrogens is 484 g/mol. The Hall–Kier alpha value is -4.51. The molecule has 0 saturated carbocycles. The van der Waals surface area contributed by atoms with E-state index >= 15 is 0 Å². The predicted molar refractivity (Wildman–Crippen MR) is 152 cm³/mol. The molecule has 8 rings (SSSR count). The number of imide groups is 1. The van der Waals surface area contributed by atoms with Crippen LogP contribution in [-0.2, 0) is 15.0 Å². The fourth-order valence-electron chi connectivity index (χ4n) is 7.08. The summed E-state index contributed by atoms with van der Waals surface area (Å²) < 4.78 is 5.31. The van der Waals surface area contributed by atoms with Crippen LogP contribution in [0.2, 0.25) is 0 Å². The van der Waals surface area contributed by atoms with Crippen molar-refractivity contribution in [3.8, 4) is 5.75 Å². The second-order valence-electron chi connectivity index (χ2n) is 10.7. The molecule has 4 aromatic carbocycles. The summed E-state index contributed by atoms with van der Waals surface area (Å²) in [4.78, 5) is 35.2. The maximum atomic E-state index is 14.5. The smallest absolute Gasteiger partial charge is 0.239 e. The Morgan fingerprint density at radius 2 is 1.44 bits per heavy atom. The van der Waals surface area contributed by atoms with Gasteiger partial charge in [-0.2, -0.15) is 0 Å². The number of nitrogens with zero attached hydrogens (tertiary/aromatic N) is 2. The lowest BCUT2D eigenvalue weighted by molar-refractivity contribution is -0.122. The van der Waals surface area contributed by atoms with Crippen molar-refractivity contribution in [2.75, 3.05) is 12.0 Å². The quantitative estimate of drug-likeness (QED) is 0.239. The minimum absolute atomic E-state index is 0.159. The van der Waals surface area contributed by atoms with Crippen molar-refractivity contribution in [1.82, 2.24) is 0 Å². The van der Waals surface area contributed by atoms with E-state index in [1.54, 1.807) is 31.4 Å². The maximum absolute atomic E-state index is 14.5. The molecule has 2 amide bonds. The highest BCUT2D eigenvalue weighted by atomic mass is 16.5. The summed E-state index contributed by atoms with van der Waals surface area (Å²) in [5.41, 5.74) is 7.12. The highest BCUT2D eigenvalue weighted by Crippen LogP contribution is 2.63.